The monoisotopic (exact) mass is 307 g/mol. The minimum absolute atomic E-state index is 0.0278. The first-order chi connectivity index (χ1) is 10.5. The van der Waals surface area contributed by atoms with E-state index in [1.165, 1.54) is 0 Å². The van der Waals surface area contributed by atoms with Crippen LogP contribution >= 0.6 is 0 Å². The zero-order valence-corrected chi connectivity index (χ0v) is 14.2. The molecule has 2 rings (SSSR count). The van der Waals surface area contributed by atoms with Crippen molar-refractivity contribution >= 4 is 5.91 Å². The Kier molecular flexibility index (Phi) is 5.97. The largest absolute Gasteiger partial charge is 0.346 e. The van der Waals surface area contributed by atoms with Crippen molar-refractivity contribution in [3.8, 4) is 0 Å². The number of aromatic nitrogens is 2. The highest BCUT2D eigenvalue weighted by Crippen LogP contribution is 2.19. The maximum absolute atomic E-state index is 12.3. The third-order valence-corrected chi connectivity index (χ3v) is 4.37. The van der Waals surface area contributed by atoms with Crippen LogP contribution in [0, 0.1) is 5.92 Å². The predicted molar refractivity (Wildman–Crippen MR) is 87.5 cm³/mol. The van der Waals surface area contributed by atoms with Crippen molar-refractivity contribution in [2.75, 3.05) is 39.8 Å². The van der Waals surface area contributed by atoms with Gasteiger partial charge in [0.25, 0.3) is 0 Å². The first kappa shape index (κ1) is 17.0. The predicted octanol–water partition coefficient (Wildman–Crippen LogP) is 0.871. The number of carbonyl (C=O) groups is 1. The van der Waals surface area contributed by atoms with Crippen molar-refractivity contribution in [2.24, 2.45) is 13.0 Å². The molecule has 1 fully saturated rings. The van der Waals surface area contributed by atoms with Crippen LogP contribution in [0.15, 0.2) is 12.4 Å². The summed E-state index contributed by atoms with van der Waals surface area (Å²) in [5.74, 6) is 1.34. The second kappa shape index (κ2) is 7.74. The number of rotatable bonds is 6. The second-order valence-corrected chi connectivity index (χ2v) is 6.58. The van der Waals surface area contributed by atoms with Gasteiger partial charge >= 0.3 is 0 Å². The van der Waals surface area contributed by atoms with Crippen molar-refractivity contribution in [3.63, 3.8) is 0 Å². The van der Waals surface area contributed by atoms with E-state index in [9.17, 15) is 4.79 Å². The Bertz CT molecular complexity index is 477. The van der Waals surface area contributed by atoms with Gasteiger partial charge in [-0.1, -0.05) is 13.8 Å². The van der Waals surface area contributed by atoms with Crippen LogP contribution in [0.1, 0.15) is 32.1 Å². The number of amides is 1. The molecule has 1 aliphatic heterocycles. The van der Waals surface area contributed by atoms with Gasteiger partial charge in [0.1, 0.15) is 5.82 Å². The van der Waals surface area contributed by atoms with E-state index in [4.69, 9.17) is 0 Å². The Morgan fingerprint density at radius 3 is 2.50 bits per heavy atom. The van der Waals surface area contributed by atoms with Crippen molar-refractivity contribution in [1.29, 1.82) is 0 Å². The number of hydrogen-bond acceptors (Lipinski definition) is 4. The third-order valence-electron chi connectivity index (χ3n) is 4.37. The van der Waals surface area contributed by atoms with Crippen molar-refractivity contribution in [3.05, 3.63) is 18.2 Å². The van der Waals surface area contributed by atoms with E-state index in [1.807, 2.05) is 17.8 Å². The summed E-state index contributed by atoms with van der Waals surface area (Å²) in [5.41, 5.74) is 0. The number of aryl methyl sites for hydroxylation is 1. The number of likely N-dealkylation sites (N-methyl/N-ethyl adjacent to an activating group) is 1. The molecule has 1 aromatic heterocycles. The van der Waals surface area contributed by atoms with Gasteiger partial charge in [-0.25, -0.2) is 4.98 Å². The lowest BCUT2D eigenvalue weighted by Crippen LogP contribution is -2.45. The molecule has 1 saturated heterocycles. The van der Waals surface area contributed by atoms with Crippen LogP contribution in [0.5, 0.6) is 0 Å². The molecule has 6 nitrogen and oxygen atoms in total. The number of imidazole rings is 1. The SMILES string of the molecule is CC(C)[C@H](NC(=O)CCN1CCN(C)CC1)c1nccn1C. The zero-order valence-electron chi connectivity index (χ0n) is 14.2. The maximum Gasteiger partial charge on any atom is 0.221 e. The summed E-state index contributed by atoms with van der Waals surface area (Å²) in [6.07, 6.45) is 4.25. The molecule has 0 bridgehead atoms. The van der Waals surface area contributed by atoms with Gasteiger partial charge in [0.15, 0.2) is 0 Å². The van der Waals surface area contributed by atoms with E-state index in [-0.39, 0.29) is 11.9 Å². The Hall–Kier alpha value is -1.40. The minimum Gasteiger partial charge on any atom is -0.346 e. The molecule has 1 aromatic rings. The summed E-state index contributed by atoms with van der Waals surface area (Å²) in [4.78, 5) is 21.4. The van der Waals surface area contributed by atoms with Crippen LogP contribution in [-0.2, 0) is 11.8 Å². The second-order valence-electron chi connectivity index (χ2n) is 6.58. The van der Waals surface area contributed by atoms with Gasteiger partial charge in [-0.3, -0.25) is 4.79 Å². The normalized spacial score (nSPS) is 18.6. The van der Waals surface area contributed by atoms with Crippen LogP contribution in [0.2, 0.25) is 0 Å². The van der Waals surface area contributed by atoms with E-state index in [0.29, 0.717) is 12.3 Å². The van der Waals surface area contributed by atoms with Crippen molar-refractivity contribution < 1.29 is 4.79 Å². The van der Waals surface area contributed by atoms with Gasteiger partial charge in [0, 0.05) is 58.6 Å². The molecule has 1 atom stereocenters. The molecule has 0 spiro atoms. The highest BCUT2D eigenvalue weighted by molar-refractivity contribution is 5.76. The summed E-state index contributed by atoms with van der Waals surface area (Å²) in [6, 6.07) is -0.0278. The third kappa shape index (κ3) is 4.55. The molecule has 0 radical (unpaired) electrons. The van der Waals surface area contributed by atoms with Gasteiger partial charge in [0.05, 0.1) is 6.04 Å². The smallest absolute Gasteiger partial charge is 0.221 e. The van der Waals surface area contributed by atoms with E-state index in [2.05, 4.69) is 41.0 Å². The maximum atomic E-state index is 12.3. The van der Waals surface area contributed by atoms with Gasteiger partial charge in [-0.05, 0) is 13.0 Å². The van der Waals surface area contributed by atoms with Gasteiger partial charge in [0.2, 0.25) is 5.91 Å². The Labute approximate surface area is 133 Å². The quantitative estimate of drug-likeness (QED) is 0.847. The Morgan fingerprint density at radius 1 is 1.27 bits per heavy atom. The summed E-state index contributed by atoms with van der Waals surface area (Å²) in [7, 11) is 4.11. The highest BCUT2D eigenvalue weighted by Gasteiger charge is 2.22. The lowest BCUT2D eigenvalue weighted by Gasteiger charge is -2.32. The molecule has 0 unspecified atom stereocenters. The molecular formula is C16H29N5O. The molecule has 1 N–H and O–H groups in total. The number of nitrogens with zero attached hydrogens (tertiary/aromatic N) is 4. The summed E-state index contributed by atoms with van der Waals surface area (Å²) >= 11 is 0. The molecule has 0 aliphatic carbocycles. The lowest BCUT2D eigenvalue weighted by molar-refractivity contribution is -0.122. The number of carbonyl (C=O) groups excluding carboxylic acids is 1. The Morgan fingerprint density at radius 2 is 1.95 bits per heavy atom. The fourth-order valence-corrected chi connectivity index (χ4v) is 2.78. The average Bonchev–Trinajstić information content (AvgIpc) is 2.90. The summed E-state index contributed by atoms with van der Waals surface area (Å²) in [5, 5.41) is 3.15. The molecule has 2 heterocycles. The molecule has 1 aliphatic rings. The molecule has 124 valence electrons. The van der Waals surface area contributed by atoms with E-state index < -0.39 is 0 Å². The van der Waals surface area contributed by atoms with E-state index in [0.717, 1.165) is 38.5 Å². The van der Waals surface area contributed by atoms with Crippen LogP contribution in [0.3, 0.4) is 0 Å². The summed E-state index contributed by atoms with van der Waals surface area (Å²) in [6.45, 7) is 9.34. The number of hydrogen-bond donors (Lipinski definition) is 1. The van der Waals surface area contributed by atoms with Gasteiger partial charge in [-0.2, -0.15) is 0 Å². The average molecular weight is 307 g/mol. The lowest BCUT2D eigenvalue weighted by atomic mass is 10.0. The highest BCUT2D eigenvalue weighted by atomic mass is 16.1. The van der Waals surface area contributed by atoms with Crippen LogP contribution in [0.25, 0.3) is 0 Å². The minimum atomic E-state index is -0.0278. The van der Waals surface area contributed by atoms with Gasteiger partial charge < -0.3 is 19.7 Å². The van der Waals surface area contributed by atoms with Crippen molar-refractivity contribution in [2.45, 2.75) is 26.3 Å². The standard InChI is InChI=1S/C16H29N5O/c1-13(2)15(16-17-6-8-20(16)4)18-14(22)5-7-21-11-9-19(3)10-12-21/h6,8,13,15H,5,7,9-12H2,1-4H3,(H,18,22)/t15-/m0/s1. The fourth-order valence-electron chi connectivity index (χ4n) is 2.78. The van der Waals surface area contributed by atoms with Gasteiger partial charge in [-0.15, -0.1) is 0 Å². The van der Waals surface area contributed by atoms with Crippen molar-refractivity contribution in [1.82, 2.24) is 24.7 Å². The molecule has 1 amide bonds. The molecule has 0 aromatic carbocycles. The molecule has 22 heavy (non-hydrogen) atoms. The Balaban J connectivity index is 1.83. The van der Waals surface area contributed by atoms with Crippen LogP contribution in [-0.4, -0.2) is 65.0 Å². The van der Waals surface area contributed by atoms with Crippen LogP contribution in [0.4, 0.5) is 0 Å². The molecule has 6 heteroatoms. The topological polar surface area (TPSA) is 53.4 Å². The number of nitrogens with one attached hydrogen (secondary N) is 1. The first-order valence-corrected chi connectivity index (χ1v) is 8.15. The molecular weight excluding hydrogens is 278 g/mol. The van der Waals surface area contributed by atoms with E-state index >= 15 is 0 Å². The summed E-state index contributed by atoms with van der Waals surface area (Å²) < 4.78 is 1.98. The molecule has 0 saturated carbocycles. The van der Waals surface area contributed by atoms with E-state index in [1.54, 1.807) is 6.20 Å². The first-order valence-electron chi connectivity index (χ1n) is 8.15. The van der Waals surface area contributed by atoms with Crippen LogP contribution < -0.4 is 5.32 Å². The zero-order chi connectivity index (χ0) is 16.1. The fraction of sp³-hybridized carbons (Fsp3) is 0.750. The number of piperazine rings is 1.